The third kappa shape index (κ3) is 4.09. The molecule has 3 nitrogen and oxygen atoms in total. The summed E-state index contributed by atoms with van der Waals surface area (Å²) in [5.41, 5.74) is 5.07. The van der Waals surface area contributed by atoms with E-state index < -0.39 is 0 Å². The maximum atomic E-state index is 12.4. The molecule has 0 aromatic heterocycles. The Bertz CT molecular complexity index is 741. The first kappa shape index (κ1) is 18.3. The smallest absolute Gasteiger partial charge is 0.262 e. The quantitative estimate of drug-likeness (QED) is 0.791. The van der Waals surface area contributed by atoms with Gasteiger partial charge in [-0.15, -0.1) is 0 Å². The Labute approximate surface area is 149 Å². The van der Waals surface area contributed by atoms with Gasteiger partial charge in [-0.1, -0.05) is 43.6 Å². The summed E-state index contributed by atoms with van der Waals surface area (Å²) >= 11 is 6.27. The van der Waals surface area contributed by atoms with E-state index in [0.29, 0.717) is 5.02 Å². The number of ether oxygens (including phenoxy) is 1. The van der Waals surface area contributed by atoms with Gasteiger partial charge in [0.2, 0.25) is 0 Å². The van der Waals surface area contributed by atoms with Crippen LogP contribution < -0.4 is 10.1 Å². The number of amides is 1. The molecule has 4 heteroatoms. The minimum atomic E-state index is -0.178. The number of hydrogen-bond donors (Lipinski definition) is 1. The van der Waals surface area contributed by atoms with Gasteiger partial charge in [0.1, 0.15) is 5.75 Å². The van der Waals surface area contributed by atoms with Crippen LogP contribution in [-0.4, -0.2) is 12.5 Å². The number of carbonyl (C=O) groups excluding carboxylic acids is 1. The lowest BCUT2D eigenvalue weighted by atomic mass is 10.0. The van der Waals surface area contributed by atoms with Gasteiger partial charge in [0.15, 0.2) is 6.61 Å². The first-order valence-electron chi connectivity index (χ1n) is 8.27. The van der Waals surface area contributed by atoms with Gasteiger partial charge in [-0.05, 0) is 61.1 Å². The second-order valence-electron chi connectivity index (χ2n) is 5.80. The highest BCUT2D eigenvalue weighted by atomic mass is 35.5. The van der Waals surface area contributed by atoms with Crippen LogP contribution in [0, 0.1) is 13.8 Å². The molecule has 2 rings (SSSR count). The molecule has 1 N–H and O–H groups in total. The van der Waals surface area contributed by atoms with Crippen LogP contribution in [0.5, 0.6) is 5.75 Å². The van der Waals surface area contributed by atoms with Crippen molar-refractivity contribution in [2.75, 3.05) is 11.9 Å². The van der Waals surface area contributed by atoms with Crippen molar-refractivity contribution < 1.29 is 9.53 Å². The van der Waals surface area contributed by atoms with Crippen LogP contribution >= 0.6 is 11.6 Å². The SMILES string of the molecule is CCc1ccc(Cl)c(CC)c1NC(=O)COc1cccc(C)c1C. The summed E-state index contributed by atoms with van der Waals surface area (Å²) in [6.45, 7) is 8.08. The molecule has 24 heavy (non-hydrogen) atoms. The molecule has 0 bridgehead atoms. The summed E-state index contributed by atoms with van der Waals surface area (Å²) in [6, 6.07) is 9.68. The molecule has 0 spiro atoms. The number of halogens is 1. The Morgan fingerprint density at radius 3 is 2.54 bits per heavy atom. The van der Waals surface area contributed by atoms with E-state index in [1.165, 1.54) is 0 Å². The van der Waals surface area contributed by atoms with Gasteiger partial charge in [0, 0.05) is 10.7 Å². The van der Waals surface area contributed by atoms with E-state index >= 15 is 0 Å². The monoisotopic (exact) mass is 345 g/mol. The molecular formula is C20H24ClNO2. The summed E-state index contributed by atoms with van der Waals surface area (Å²) in [5.74, 6) is 0.560. The van der Waals surface area contributed by atoms with Crippen LogP contribution in [0.4, 0.5) is 5.69 Å². The molecule has 0 radical (unpaired) electrons. The Morgan fingerprint density at radius 2 is 1.88 bits per heavy atom. The van der Waals surface area contributed by atoms with E-state index in [2.05, 4.69) is 12.2 Å². The van der Waals surface area contributed by atoms with Crippen molar-refractivity contribution in [1.29, 1.82) is 0 Å². The Kier molecular flexibility index (Phi) is 6.27. The summed E-state index contributed by atoms with van der Waals surface area (Å²) in [6.07, 6.45) is 1.59. The largest absolute Gasteiger partial charge is 0.483 e. The molecule has 0 aliphatic carbocycles. The van der Waals surface area contributed by atoms with E-state index in [9.17, 15) is 4.79 Å². The second kappa shape index (κ2) is 8.20. The maximum Gasteiger partial charge on any atom is 0.262 e. The number of benzene rings is 2. The van der Waals surface area contributed by atoms with Crippen LogP contribution in [0.2, 0.25) is 5.02 Å². The van der Waals surface area contributed by atoms with Crippen LogP contribution in [0.25, 0.3) is 0 Å². The van der Waals surface area contributed by atoms with Gasteiger partial charge in [0.05, 0.1) is 0 Å². The second-order valence-corrected chi connectivity index (χ2v) is 6.21. The van der Waals surface area contributed by atoms with Crippen molar-refractivity contribution in [3.63, 3.8) is 0 Å². The number of rotatable bonds is 6. The number of hydrogen-bond acceptors (Lipinski definition) is 2. The summed E-state index contributed by atoms with van der Waals surface area (Å²) in [4.78, 5) is 12.4. The van der Waals surface area contributed by atoms with Gasteiger partial charge < -0.3 is 10.1 Å². The molecule has 0 aliphatic heterocycles. The number of aryl methyl sites for hydroxylation is 2. The van der Waals surface area contributed by atoms with Crippen LogP contribution in [0.1, 0.15) is 36.1 Å². The lowest BCUT2D eigenvalue weighted by Gasteiger charge is -2.16. The average Bonchev–Trinajstić information content (AvgIpc) is 2.57. The van der Waals surface area contributed by atoms with E-state index in [1.807, 2.05) is 51.1 Å². The molecule has 2 aromatic carbocycles. The van der Waals surface area contributed by atoms with Crippen LogP contribution in [0.3, 0.4) is 0 Å². The minimum absolute atomic E-state index is 0.0247. The lowest BCUT2D eigenvalue weighted by molar-refractivity contribution is -0.118. The molecule has 128 valence electrons. The zero-order valence-electron chi connectivity index (χ0n) is 14.7. The number of nitrogens with one attached hydrogen (secondary N) is 1. The van der Waals surface area contributed by atoms with E-state index in [4.69, 9.17) is 16.3 Å². The van der Waals surface area contributed by atoms with Crippen molar-refractivity contribution in [1.82, 2.24) is 0 Å². The van der Waals surface area contributed by atoms with Crippen molar-refractivity contribution in [3.05, 3.63) is 57.6 Å². The molecule has 2 aromatic rings. The topological polar surface area (TPSA) is 38.3 Å². The first-order chi connectivity index (χ1) is 11.5. The normalized spacial score (nSPS) is 10.5. The highest BCUT2D eigenvalue weighted by molar-refractivity contribution is 6.32. The predicted molar refractivity (Wildman–Crippen MR) is 100 cm³/mol. The maximum absolute atomic E-state index is 12.4. The Balaban J connectivity index is 2.13. The zero-order valence-corrected chi connectivity index (χ0v) is 15.5. The van der Waals surface area contributed by atoms with E-state index in [1.54, 1.807) is 0 Å². The van der Waals surface area contributed by atoms with Crippen molar-refractivity contribution in [2.45, 2.75) is 40.5 Å². The van der Waals surface area contributed by atoms with Gasteiger partial charge in [-0.2, -0.15) is 0 Å². The highest BCUT2D eigenvalue weighted by Crippen LogP contribution is 2.29. The standard InChI is InChI=1S/C20H24ClNO2/c1-5-15-10-11-17(21)16(6-2)20(15)22-19(23)12-24-18-9-7-8-13(3)14(18)4/h7-11H,5-6,12H2,1-4H3,(H,22,23). The summed E-state index contributed by atoms with van der Waals surface area (Å²) < 4.78 is 5.68. The fourth-order valence-corrected chi connectivity index (χ4v) is 2.96. The molecule has 0 unspecified atom stereocenters. The fourth-order valence-electron chi connectivity index (χ4n) is 2.67. The number of carbonyl (C=O) groups is 1. The van der Waals surface area contributed by atoms with Crippen molar-refractivity contribution >= 4 is 23.2 Å². The summed E-state index contributed by atoms with van der Waals surface area (Å²) in [7, 11) is 0. The van der Waals surface area contributed by atoms with Gasteiger partial charge >= 0.3 is 0 Å². The van der Waals surface area contributed by atoms with Gasteiger partial charge in [-0.25, -0.2) is 0 Å². The van der Waals surface area contributed by atoms with Crippen molar-refractivity contribution in [3.8, 4) is 5.75 Å². The first-order valence-corrected chi connectivity index (χ1v) is 8.64. The molecule has 0 fully saturated rings. The molecular weight excluding hydrogens is 322 g/mol. The third-order valence-electron chi connectivity index (χ3n) is 4.25. The van der Waals surface area contributed by atoms with E-state index in [-0.39, 0.29) is 12.5 Å². The molecule has 0 saturated heterocycles. The molecule has 1 amide bonds. The lowest BCUT2D eigenvalue weighted by Crippen LogP contribution is -2.22. The predicted octanol–water partition coefficient (Wildman–Crippen LogP) is 5.10. The highest BCUT2D eigenvalue weighted by Gasteiger charge is 2.14. The zero-order chi connectivity index (χ0) is 17.7. The molecule has 0 aliphatic rings. The molecule has 0 atom stereocenters. The molecule has 0 heterocycles. The Hall–Kier alpha value is -2.00. The average molecular weight is 346 g/mol. The molecule has 0 saturated carbocycles. The van der Waals surface area contributed by atoms with Gasteiger partial charge in [0.25, 0.3) is 5.91 Å². The Morgan fingerprint density at radius 1 is 1.12 bits per heavy atom. The van der Waals surface area contributed by atoms with Crippen LogP contribution in [0.15, 0.2) is 30.3 Å². The fraction of sp³-hybridized carbons (Fsp3) is 0.350. The third-order valence-corrected chi connectivity index (χ3v) is 4.61. The van der Waals surface area contributed by atoms with E-state index in [0.717, 1.165) is 46.5 Å². The minimum Gasteiger partial charge on any atom is -0.483 e. The van der Waals surface area contributed by atoms with Crippen LogP contribution in [-0.2, 0) is 17.6 Å². The number of anilines is 1. The van der Waals surface area contributed by atoms with Gasteiger partial charge in [-0.3, -0.25) is 4.79 Å². The van der Waals surface area contributed by atoms with Crippen molar-refractivity contribution in [2.24, 2.45) is 0 Å². The summed E-state index contributed by atoms with van der Waals surface area (Å²) in [5, 5.41) is 3.66.